The van der Waals surface area contributed by atoms with Gasteiger partial charge in [0.1, 0.15) is 0 Å². The van der Waals surface area contributed by atoms with E-state index in [1.54, 1.807) is 51.1 Å². The number of alkyl halides is 3. The molecule has 1 aliphatic heterocycles. The maximum atomic E-state index is 13.1. The normalized spacial score (nSPS) is 14.6. The fourth-order valence-corrected chi connectivity index (χ4v) is 5.94. The number of nitro groups is 1. The van der Waals surface area contributed by atoms with Crippen LogP contribution >= 0.6 is 0 Å². The van der Waals surface area contributed by atoms with Crippen LogP contribution in [0.1, 0.15) is 43.5 Å². The highest BCUT2D eigenvalue weighted by molar-refractivity contribution is 7.89. The molecule has 0 bridgehead atoms. The van der Waals surface area contributed by atoms with Crippen LogP contribution in [-0.2, 0) is 35.3 Å². The lowest BCUT2D eigenvalue weighted by atomic mass is 9.80. The van der Waals surface area contributed by atoms with E-state index in [9.17, 15) is 41.3 Å². The monoisotopic (exact) mass is 741 g/mol. The molecule has 52 heavy (non-hydrogen) atoms. The number of benzene rings is 3. The molecule has 1 aromatic heterocycles. The number of sulfonamides is 1. The van der Waals surface area contributed by atoms with Crippen LogP contribution in [0.25, 0.3) is 16.9 Å². The van der Waals surface area contributed by atoms with Gasteiger partial charge in [-0.2, -0.15) is 18.3 Å². The number of esters is 2. The third kappa shape index (κ3) is 8.73. The van der Waals surface area contributed by atoms with E-state index in [0.717, 1.165) is 16.3 Å². The van der Waals surface area contributed by atoms with E-state index < -0.39 is 44.7 Å². The Balaban J connectivity index is 0.000000233. The van der Waals surface area contributed by atoms with Gasteiger partial charge >= 0.3 is 18.1 Å². The van der Waals surface area contributed by atoms with Gasteiger partial charge < -0.3 is 14.8 Å². The second kappa shape index (κ2) is 15.6. The van der Waals surface area contributed by atoms with Crippen molar-refractivity contribution in [2.45, 2.75) is 44.7 Å². The van der Waals surface area contributed by atoms with Gasteiger partial charge in [0.15, 0.2) is 5.69 Å². The summed E-state index contributed by atoms with van der Waals surface area (Å²) in [5.41, 5.74) is 2.76. The summed E-state index contributed by atoms with van der Waals surface area (Å²) in [5, 5.41) is 22.8. The fourth-order valence-electron chi connectivity index (χ4n) is 5.43. The Morgan fingerprint density at radius 3 is 2.08 bits per heavy atom. The summed E-state index contributed by atoms with van der Waals surface area (Å²) < 4.78 is 73.2. The molecule has 0 saturated heterocycles. The first-order chi connectivity index (χ1) is 24.4. The molecule has 1 atom stereocenters. The van der Waals surface area contributed by atoms with Crippen LogP contribution in [0.15, 0.2) is 106 Å². The Morgan fingerprint density at radius 1 is 0.962 bits per heavy atom. The number of non-ortho nitro benzene ring substituents is 1. The maximum Gasteiger partial charge on any atom is 0.435 e. The highest BCUT2D eigenvalue weighted by atomic mass is 32.2. The van der Waals surface area contributed by atoms with E-state index in [1.807, 2.05) is 6.92 Å². The van der Waals surface area contributed by atoms with Crippen molar-refractivity contribution < 1.29 is 45.6 Å². The number of hydrogen-bond donors (Lipinski definition) is 2. The second-order valence-electron chi connectivity index (χ2n) is 11.4. The minimum absolute atomic E-state index is 0.135. The lowest BCUT2D eigenvalue weighted by molar-refractivity contribution is -0.384. The fraction of sp³-hybridized carbons (Fsp3) is 0.229. The molecular formula is C35H34F3N5O8S. The second-order valence-corrected chi connectivity index (χ2v) is 13.0. The van der Waals surface area contributed by atoms with Crippen LogP contribution in [0.4, 0.5) is 18.9 Å². The maximum absolute atomic E-state index is 13.1. The van der Waals surface area contributed by atoms with Gasteiger partial charge in [0.25, 0.3) is 5.69 Å². The molecule has 17 heteroatoms. The van der Waals surface area contributed by atoms with Crippen molar-refractivity contribution in [3.05, 3.63) is 128 Å². The van der Waals surface area contributed by atoms with Gasteiger partial charge in [-0.1, -0.05) is 42.0 Å². The largest absolute Gasteiger partial charge is 0.466 e. The topological polar surface area (TPSA) is 186 Å². The van der Waals surface area contributed by atoms with E-state index >= 15 is 0 Å². The highest BCUT2D eigenvalue weighted by Crippen LogP contribution is 2.40. The number of carbonyl (C=O) groups is 2. The van der Waals surface area contributed by atoms with Crippen molar-refractivity contribution in [2.75, 3.05) is 13.7 Å². The van der Waals surface area contributed by atoms with Crippen molar-refractivity contribution in [3.8, 4) is 16.9 Å². The molecule has 3 aromatic carbocycles. The van der Waals surface area contributed by atoms with Crippen LogP contribution in [0, 0.1) is 17.0 Å². The Hall–Kier alpha value is -5.81. The minimum atomic E-state index is -4.61. The summed E-state index contributed by atoms with van der Waals surface area (Å²) in [6.45, 7) is 7.08. The smallest absolute Gasteiger partial charge is 0.435 e. The molecule has 1 aliphatic rings. The average Bonchev–Trinajstić information content (AvgIpc) is 3.55. The van der Waals surface area contributed by atoms with Gasteiger partial charge in [0, 0.05) is 29.1 Å². The zero-order valence-electron chi connectivity index (χ0n) is 28.5. The number of rotatable bonds is 8. The molecule has 0 saturated carbocycles. The predicted molar refractivity (Wildman–Crippen MR) is 183 cm³/mol. The lowest BCUT2D eigenvalue weighted by Gasteiger charge is -2.30. The van der Waals surface area contributed by atoms with E-state index in [0.29, 0.717) is 22.5 Å². The summed E-state index contributed by atoms with van der Waals surface area (Å²) in [7, 11) is -2.66. The molecule has 13 nitrogen and oxygen atoms in total. The molecule has 2 heterocycles. The summed E-state index contributed by atoms with van der Waals surface area (Å²) in [4.78, 5) is 35.4. The number of hydrogen-bond acceptors (Lipinski definition) is 10. The molecule has 0 aliphatic carbocycles. The molecule has 5 rings (SSSR count). The molecule has 3 N–H and O–H groups in total. The minimum Gasteiger partial charge on any atom is -0.466 e. The first-order valence-corrected chi connectivity index (χ1v) is 17.0. The van der Waals surface area contributed by atoms with Crippen molar-refractivity contribution in [2.24, 2.45) is 5.14 Å². The van der Waals surface area contributed by atoms with Crippen molar-refractivity contribution in [1.29, 1.82) is 0 Å². The summed E-state index contributed by atoms with van der Waals surface area (Å²) >= 11 is 0. The third-order valence-corrected chi connectivity index (χ3v) is 8.76. The molecule has 0 amide bonds. The number of primary sulfonamides is 1. The lowest BCUT2D eigenvalue weighted by Crippen LogP contribution is -2.32. The van der Waals surface area contributed by atoms with Gasteiger partial charge in [-0.25, -0.2) is 27.8 Å². The molecule has 1 unspecified atom stereocenters. The Labute approximate surface area is 296 Å². The van der Waals surface area contributed by atoms with Crippen LogP contribution in [0.5, 0.6) is 0 Å². The Morgan fingerprint density at radius 2 is 1.56 bits per heavy atom. The summed E-state index contributed by atoms with van der Waals surface area (Å²) in [6, 6.07) is 18.9. The number of nitrogens with one attached hydrogen (secondary N) is 1. The van der Waals surface area contributed by atoms with Crippen molar-refractivity contribution in [1.82, 2.24) is 15.1 Å². The van der Waals surface area contributed by atoms with Gasteiger partial charge in [0.2, 0.25) is 10.0 Å². The highest BCUT2D eigenvalue weighted by Gasteiger charge is 2.38. The van der Waals surface area contributed by atoms with E-state index in [2.05, 4.69) is 10.4 Å². The number of nitro benzene ring substituents is 1. The predicted octanol–water partition coefficient (Wildman–Crippen LogP) is 6.08. The first-order valence-electron chi connectivity index (χ1n) is 15.4. The van der Waals surface area contributed by atoms with Crippen LogP contribution in [-0.4, -0.2) is 48.8 Å². The third-order valence-electron chi connectivity index (χ3n) is 7.83. The van der Waals surface area contributed by atoms with Crippen molar-refractivity contribution in [3.63, 3.8) is 0 Å². The van der Waals surface area contributed by atoms with Crippen LogP contribution < -0.4 is 10.5 Å². The number of dihydropyridines is 1. The number of aromatic nitrogens is 2. The first kappa shape index (κ1) is 39.0. The van der Waals surface area contributed by atoms with Gasteiger partial charge in [-0.3, -0.25) is 10.1 Å². The number of ether oxygens (including phenoxy) is 2. The van der Waals surface area contributed by atoms with Gasteiger partial charge in [-0.05, 0) is 63.6 Å². The van der Waals surface area contributed by atoms with E-state index in [4.69, 9.17) is 14.6 Å². The number of nitrogens with zero attached hydrogens (tertiary/aromatic N) is 3. The Kier molecular flexibility index (Phi) is 11.7. The Bertz CT molecular complexity index is 2180. The zero-order chi connectivity index (χ0) is 38.5. The molecule has 0 fully saturated rings. The molecule has 4 aromatic rings. The number of aryl methyl sites for hydroxylation is 1. The van der Waals surface area contributed by atoms with Crippen LogP contribution in [0.2, 0.25) is 0 Å². The summed E-state index contributed by atoms with van der Waals surface area (Å²) in [5.74, 6) is -2.05. The van der Waals surface area contributed by atoms with E-state index in [-0.39, 0.29) is 39.7 Å². The number of nitrogens with two attached hydrogens (primary N) is 1. The number of methoxy groups -OCH3 is 1. The zero-order valence-corrected chi connectivity index (χ0v) is 29.3. The standard InChI is InChI=1S/C18H20N2O6.C17H14F3N3O2S/c1-5-26-18(22)15-11(3)19-10(2)14(17(21)25-4)16(15)12-7-6-8-13(9-12)20(23)24;1-11-2-4-12(5-3-11)15-10-16(17(18,19)20)22-23(15)13-6-8-14(9-7-13)26(21,24)25/h6-9,16,19H,5H2,1-4H3;2-10H,1H3,(H2,21,24,25). The molecule has 274 valence electrons. The summed E-state index contributed by atoms with van der Waals surface area (Å²) in [6.07, 6.45) is -4.61. The number of carbonyl (C=O) groups excluding carboxylic acids is 2. The molecular weight excluding hydrogens is 707 g/mol. The molecule has 0 radical (unpaired) electrons. The quantitative estimate of drug-likeness (QED) is 0.122. The average molecular weight is 742 g/mol. The van der Waals surface area contributed by atoms with Crippen LogP contribution in [0.3, 0.4) is 0 Å². The number of allylic oxidation sites excluding steroid dienone is 2. The van der Waals surface area contributed by atoms with Crippen molar-refractivity contribution >= 4 is 27.6 Å². The molecule has 0 spiro atoms. The van der Waals surface area contributed by atoms with E-state index in [1.165, 1.54) is 49.6 Å². The van der Waals surface area contributed by atoms with Gasteiger partial charge in [0.05, 0.1) is 52.0 Å². The van der Waals surface area contributed by atoms with Gasteiger partial charge in [-0.15, -0.1) is 0 Å². The number of halogens is 3. The SMILES string of the molecule is CCOC(=O)C1=C(C)NC(C)=C(C(=O)OC)C1c1cccc([N+](=O)[O-])c1.Cc1ccc(-c2cc(C(F)(F)F)nn2-c2ccc(S(N)(=O)=O)cc2)cc1.